The Labute approximate surface area is 177 Å². The van der Waals surface area contributed by atoms with Crippen molar-refractivity contribution in [2.75, 3.05) is 6.54 Å². The molecule has 0 aromatic carbocycles. The second-order valence-corrected chi connectivity index (χ2v) is 8.18. The van der Waals surface area contributed by atoms with Crippen molar-refractivity contribution in [1.29, 1.82) is 0 Å². The normalized spacial score (nSPS) is 41.4. The maximum absolute atomic E-state index is 6.24. The van der Waals surface area contributed by atoms with Gasteiger partial charge in [-0.15, -0.1) is 0 Å². The van der Waals surface area contributed by atoms with Crippen LogP contribution in [0.5, 0.6) is 0 Å². The van der Waals surface area contributed by atoms with E-state index in [1.54, 1.807) is 25.0 Å². The number of hydrogen-bond acceptors (Lipinski definition) is 5. The quantitative estimate of drug-likeness (QED) is 0.699. The van der Waals surface area contributed by atoms with E-state index in [1.807, 2.05) is 36.5 Å². The number of likely N-dealkylation sites (tertiary alicyclic amines) is 1. The average Bonchev–Trinajstić information content (AvgIpc) is 3.16. The molecule has 30 heavy (non-hydrogen) atoms. The first kappa shape index (κ1) is 19.1. The molecule has 156 valence electrons. The van der Waals surface area contributed by atoms with Gasteiger partial charge in [-0.1, -0.05) is 24.3 Å². The first-order valence-electron chi connectivity index (χ1n) is 10.5. The zero-order valence-corrected chi connectivity index (χ0v) is 17.0. The molecule has 5 nitrogen and oxygen atoms in total. The molecular weight excluding hydrogens is 378 g/mol. The molecule has 0 spiro atoms. The van der Waals surface area contributed by atoms with Gasteiger partial charge < -0.3 is 18.9 Å². The van der Waals surface area contributed by atoms with Crippen molar-refractivity contribution in [1.82, 2.24) is 4.90 Å². The summed E-state index contributed by atoms with van der Waals surface area (Å²) < 4.78 is 24.7. The molecule has 5 unspecified atom stereocenters. The van der Waals surface area contributed by atoms with E-state index in [1.165, 1.54) is 0 Å². The Morgan fingerprint density at radius 1 is 0.633 bits per heavy atom. The highest BCUT2D eigenvalue weighted by Crippen LogP contribution is 2.57. The van der Waals surface area contributed by atoms with E-state index in [2.05, 4.69) is 48.3 Å². The molecule has 5 heterocycles. The summed E-state index contributed by atoms with van der Waals surface area (Å²) in [7, 11) is 0. The van der Waals surface area contributed by atoms with Crippen LogP contribution in [0.3, 0.4) is 0 Å². The zero-order valence-electron chi connectivity index (χ0n) is 17.0. The third kappa shape index (κ3) is 2.80. The monoisotopic (exact) mass is 405 g/mol. The first-order chi connectivity index (χ1) is 14.8. The summed E-state index contributed by atoms with van der Waals surface area (Å²) in [5.74, 6) is 0. The highest BCUT2D eigenvalue weighted by molar-refractivity contribution is 5.32. The van der Waals surface area contributed by atoms with Gasteiger partial charge in [0.15, 0.2) is 6.23 Å². The maximum atomic E-state index is 6.24. The smallest absolute Gasteiger partial charge is 0.172 e. The van der Waals surface area contributed by atoms with E-state index in [4.69, 9.17) is 18.9 Å². The largest absolute Gasteiger partial charge is 0.493 e. The van der Waals surface area contributed by atoms with Crippen molar-refractivity contribution in [3.63, 3.8) is 0 Å². The molecule has 5 heteroatoms. The van der Waals surface area contributed by atoms with Crippen LogP contribution in [0.4, 0.5) is 0 Å². The average molecular weight is 405 g/mol. The van der Waals surface area contributed by atoms with Crippen molar-refractivity contribution in [2.45, 2.75) is 43.4 Å². The lowest BCUT2D eigenvalue weighted by molar-refractivity contribution is -0.158. The van der Waals surface area contributed by atoms with E-state index in [0.717, 1.165) is 13.0 Å². The summed E-state index contributed by atoms with van der Waals surface area (Å²) in [5, 5.41) is 0. The SMILES string of the molecule is CC1(C2C=CC=CO2)N(C2C=CC=CO2)CCC1(C1C=CC=CO1)C1C=CC=CO1. The Bertz CT molecular complexity index is 863. The summed E-state index contributed by atoms with van der Waals surface area (Å²) in [5.41, 5.74) is -0.914. The second kappa shape index (κ2) is 7.73. The van der Waals surface area contributed by atoms with Crippen molar-refractivity contribution in [2.24, 2.45) is 5.41 Å². The van der Waals surface area contributed by atoms with Crippen LogP contribution in [0.2, 0.25) is 0 Å². The first-order valence-corrected chi connectivity index (χ1v) is 10.5. The molecule has 5 atom stereocenters. The summed E-state index contributed by atoms with van der Waals surface area (Å²) in [6.07, 6.45) is 31.5. The molecule has 0 saturated carbocycles. The van der Waals surface area contributed by atoms with E-state index < -0.39 is 11.0 Å². The predicted molar refractivity (Wildman–Crippen MR) is 115 cm³/mol. The van der Waals surface area contributed by atoms with E-state index in [0.29, 0.717) is 0 Å². The fraction of sp³-hybridized carbons (Fsp3) is 0.360. The fourth-order valence-corrected chi connectivity index (χ4v) is 5.52. The molecule has 5 aliphatic heterocycles. The van der Waals surface area contributed by atoms with E-state index >= 15 is 0 Å². The third-order valence-electron chi connectivity index (χ3n) is 6.97. The molecule has 1 saturated heterocycles. The van der Waals surface area contributed by atoms with Crippen LogP contribution in [0.1, 0.15) is 13.3 Å². The lowest BCUT2D eigenvalue weighted by Crippen LogP contribution is -2.68. The Kier molecular flexibility index (Phi) is 4.91. The minimum atomic E-state index is -0.491. The van der Waals surface area contributed by atoms with Crippen molar-refractivity contribution in [3.05, 3.63) is 98.0 Å². The molecule has 0 N–H and O–H groups in total. The van der Waals surface area contributed by atoms with Gasteiger partial charge in [0.2, 0.25) is 0 Å². The van der Waals surface area contributed by atoms with Gasteiger partial charge in [-0.05, 0) is 62.0 Å². The molecule has 5 rings (SSSR count). The fourth-order valence-electron chi connectivity index (χ4n) is 5.52. The lowest BCUT2D eigenvalue weighted by Gasteiger charge is -2.55. The third-order valence-corrected chi connectivity index (χ3v) is 6.97. The molecule has 0 radical (unpaired) electrons. The number of allylic oxidation sites excluding steroid dienone is 8. The summed E-state index contributed by atoms with van der Waals surface area (Å²) in [4.78, 5) is 2.40. The van der Waals surface area contributed by atoms with Crippen molar-refractivity contribution in [3.8, 4) is 0 Å². The van der Waals surface area contributed by atoms with Gasteiger partial charge in [-0.25, -0.2) is 0 Å². The second-order valence-electron chi connectivity index (χ2n) is 8.18. The van der Waals surface area contributed by atoms with Crippen LogP contribution in [0, 0.1) is 5.41 Å². The molecule has 1 fully saturated rings. The summed E-state index contributed by atoms with van der Waals surface area (Å²) >= 11 is 0. The summed E-state index contributed by atoms with van der Waals surface area (Å²) in [6, 6.07) is 0. The van der Waals surface area contributed by atoms with Gasteiger partial charge in [0.1, 0.15) is 18.3 Å². The molecule has 0 bridgehead atoms. The number of nitrogens with zero attached hydrogens (tertiary/aromatic N) is 1. The Morgan fingerprint density at radius 3 is 1.60 bits per heavy atom. The summed E-state index contributed by atoms with van der Waals surface area (Å²) in [6.45, 7) is 3.08. The number of rotatable bonds is 4. The molecule has 0 aromatic heterocycles. The maximum Gasteiger partial charge on any atom is 0.172 e. The molecular formula is C25H27NO4. The van der Waals surface area contributed by atoms with Crippen LogP contribution in [0.15, 0.2) is 98.0 Å². The lowest BCUT2D eigenvalue weighted by atomic mass is 9.60. The van der Waals surface area contributed by atoms with E-state index in [9.17, 15) is 0 Å². The zero-order chi connectivity index (χ0) is 20.4. The molecule has 0 aromatic rings. The highest BCUT2D eigenvalue weighted by atomic mass is 16.5. The highest BCUT2D eigenvalue weighted by Gasteiger charge is 2.69. The Hall–Kier alpha value is -2.92. The molecule has 5 aliphatic rings. The number of hydrogen-bond donors (Lipinski definition) is 0. The van der Waals surface area contributed by atoms with Crippen molar-refractivity contribution >= 4 is 0 Å². The Balaban J connectivity index is 1.65. The van der Waals surface area contributed by atoms with Gasteiger partial charge in [-0.3, -0.25) is 4.90 Å². The molecule has 0 amide bonds. The van der Waals surface area contributed by atoms with Crippen LogP contribution >= 0.6 is 0 Å². The van der Waals surface area contributed by atoms with Crippen LogP contribution in [-0.2, 0) is 18.9 Å². The van der Waals surface area contributed by atoms with Gasteiger partial charge >= 0.3 is 0 Å². The van der Waals surface area contributed by atoms with Gasteiger partial charge in [-0.2, -0.15) is 0 Å². The standard InChI is InChI=1S/C25H27NO4/c1-24(20-10-2-6-16-27-20)25(21-11-3-7-17-28-21,22-12-4-8-18-29-22)14-15-26(24)23-13-5-9-19-30-23/h2-13,16-23H,14-15H2,1H3. The minimum Gasteiger partial charge on any atom is -0.493 e. The van der Waals surface area contributed by atoms with Gasteiger partial charge in [0.25, 0.3) is 0 Å². The van der Waals surface area contributed by atoms with Crippen molar-refractivity contribution < 1.29 is 18.9 Å². The minimum absolute atomic E-state index is 0.176. The van der Waals surface area contributed by atoms with Crippen LogP contribution < -0.4 is 0 Å². The number of ether oxygens (including phenoxy) is 4. The molecule has 0 aliphatic carbocycles. The Morgan fingerprint density at radius 2 is 1.13 bits per heavy atom. The van der Waals surface area contributed by atoms with Crippen LogP contribution in [0.25, 0.3) is 0 Å². The van der Waals surface area contributed by atoms with Gasteiger partial charge in [0.05, 0.1) is 36.0 Å². The topological polar surface area (TPSA) is 40.2 Å². The van der Waals surface area contributed by atoms with E-state index in [-0.39, 0.29) is 24.5 Å². The predicted octanol–water partition coefficient (Wildman–Crippen LogP) is 4.27. The van der Waals surface area contributed by atoms with Gasteiger partial charge in [0, 0.05) is 6.54 Å². The van der Waals surface area contributed by atoms with Crippen LogP contribution in [-0.4, -0.2) is 41.5 Å².